The fraction of sp³-hybridized carbons (Fsp3) is 0.344. The van der Waals surface area contributed by atoms with Crippen LogP contribution in [0.5, 0.6) is 0 Å². The highest BCUT2D eigenvalue weighted by molar-refractivity contribution is 7.99. The predicted octanol–water partition coefficient (Wildman–Crippen LogP) is 4.06. The molecule has 0 spiro atoms. The molecule has 0 amide bonds. The molecule has 2 aromatic heterocycles. The summed E-state index contributed by atoms with van der Waals surface area (Å²) in [4.78, 5) is 52.6. The van der Waals surface area contributed by atoms with Crippen molar-refractivity contribution in [1.82, 2.24) is 25.4 Å². The maximum absolute atomic E-state index is 12.1. The third-order valence-electron chi connectivity index (χ3n) is 6.70. The van der Waals surface area contributed by atoms with Gasteiger partial charge in [0.2, 0.25) is 11.0 Å². The number of rotatable bonds is 12. The van der Waals surface area contributed by atoms with Crippen LogP contribution in [0.15, 0.2) is 75.5 Å². The van der Waals surface area contributed by atoms with E-state index in [0.29, 0.717) is 16.5 Å². The van der Waals surface area contributed by atoms with Crippen molar-refractivity contribution in [3.8, 4) is 22.5 Å². The second-order valence-corrected chi connectivity index (χ2v) is 12.5. The van der Waals surface area contributed by atoms with Crippen molar-refractivity contribution in [2.45, 2.75) is 73.7 Å². The number of hydrogen-bond donors (Lipinski definition) is 0. The average Bonchev–Trinajstić information content (AvgIpc) is 3.53. The van der Waals surface area contributed by atoms with Gasteiger partial charge in [-0.05, 0) is 11.8 Å². The zero-order chi connectivity index (χ0) is 34.9. The summed E-state index contributed by atoms with van der Waals surface area (Å²) in [6.07, 6.45) is -4.99. The van der Waals surface area contributed by atoms with Crippen molar-refractivity contribution in [2.24, 2.45) is 0 Å². The summed E-state index contributed by atoms with van der Waals surface area (Å²) in [6.45, 7) is 4.29. The van der Waals surface area contributed by atoms with Crippen LogP contribution in [0.2, 0.25) is 0 Å². The van der Waals surface area contributed by atoms with Gasteiger partial charge in [0.15, 0.2) is 23.7 Å². The topological polar surface area (TPSA) is 192 Å². The van der Waals surface area contributed by atoms with Gasteiger partial charge in [-0.15, -0.1) is 20.4 Å². The van der Waals surface area contributed by atoms with Gasteiger partial charge in [0.1, 0.15) is 24.1 Å². The van der Waals surface area contributed by atoms with Gasteiger partial charge in [0.25, 0.3) is 5.22 Å². The van der Waals surface area contributed by atoms with Crippen LogP contribution in [0.4, 0.5) is 0 Å². The Morgan fingerprint density at radius 1 is 0.694 bits per heavy atom. The van der Waals surface area contributed by atoms with Crippen LogP contribution in [0.3, 0.4) is 0 Å². The molecule has 5 atom stereocenters. The average molecular weight is 710 g/mol. The Morgan fingerprint density at radius 2 is 1.29 bits per heavy atom. The molecule has 2 aromatic carbocycles. The van der Waals surface area contributed by atoms with E-state index in [-0.39, 0.29) is 23.5 Å². The van der Waals surface area contributed by atoms with E-state index in [1.165, 1.54) is 18.7 Å². The molecule has 4 aromatic rings. The Kier molecular flexibility index (Phi) is 11.9. The van der Waals surface area contributed by atoms with E-state index in [0.717, 1.165) is 43.7 Å². The summed E-state index contributed by atoms with van der Waals surface area (Å²) in [7, 11) is 0. The van der Waals surface area contributed by atoms with Gasteiger partial charge in [-0.2, -0.15) is 0 Å². The summed E-state index contributed by atoms with van der Waals surface area (Å²) in [5, 5.41) is 17.4. The number of thioether (sulfide) groups is 2. The summed E-state index contributed by atoms with van der Waals surface area (Å²) in [6, 6.07) is 19.3. The van der Waals surface area contributed by atoms with Gasteiger partial charge in [-0.3, -0.25) is 19.2 Å². The number of nitrogens with zero attached hydrogens (tertiary/aromatic N) is 5. The van der Waals surface area contributed by atoms with Crippen LogP contribution in [0, 0.1) is 0 Å². The molecule has 5 rings (SSSR count). The molecule has 17 heteroatoms. The minimum Gasteiger partial charge on any atom is -0.463 e. The van der Waals surface area contributed by atoms with E-state index < -0.39 is 53.7 Å². The number of hydrogen-bond acceptors (Lipinski definition) is 17. The minimum absolute atomic E-state index is 0.0277. The van der Waals surface area contributed by atoms with Gasteiger partial charge >= 0.3 is 23.9 Å². The number of aromatic nitrogens is 5. The van der Waals surface area contributed by atoms with Gasteiger partial charge in [0.05, 0.1) is 5.75 Å². The van der Waals surface area contributed by atoms with E-state index in [9.17, 15) is 19.2 Å². The standard InChI is InChI=1S/C32H31N5O10S2/c1-17(38)42-15-23-27(43-18(2)39)28(44-19(3)40)29(45-20(4)41)30(46-23)49-32-37-34-24(47-32)16-48-31-33-25(21-11-7-5-8-12-21)26(35-36-31)22-13-9-6-10-14-22/h5-14,23,27-30H,15-16H2,1-4H3/t23-,27-,28+,29-,30+/m1/s1. The van der Waals surface area contributed by atoms with Gasteiger partial charge in [-0.25, -0.2) is 4.98 Å². The molecule has 0 unspecified atom stereocenters. The van der Waals surface area contributed by atoms with Crippen molar-refractivity contribution in [3.63, 3.8) is 0 Å². The molecule has 1 aliphatic rings. The van der Waals surface area contributed by atoms with Crippen molar-refractivity contribution in [3.05, 3.63) is 66.6 Å². The lowest BCUT2D eigenvalue weighted by Crippen LogP contribution is -2.61. The fourth-order valence-electron chi connectivity index (χ4n) is 4.81. The van der Waals surface area contributed by atoms with Gasteiger partial charge in [-0.1, -0.05) is 72.4 Å². The smallest absolute Gasteiger partial charge is 0.303 e. The fourth-order valence-corrected chi connectivity index (χ4v) is 6.41. The highest BCUT2D eigenvalue weighted by Crippen LogP contribution is 2.38. The maximum atomic E-state index is 12.1. The molecular weight excluding hydrogens is 679 g/mol. The molecule has 0 saturated carbocycles. The zero-order valence-electron chi connectivity index (χ0n) is 26.7. The Labute approximate surface area is 288 Å². The van der Waals surface area contributed by atoms with Crippen LogP contribution in [0.25, 0.3) is 22.5 Å². The monoisotopic (exact) mass is 709 g/mol. The summed E-state index contributed by atoms with van der Waals surface area (Å²) >= 11 is 2.11. The number of ether oxygens (including phenoxy) is 5. The maximum Gasteiger partial charge on any atom is 0.303 e. The minimum atomic E-state index is -1.32. The Bertz CT molecular complexity index is 1780. The summed E-state index contributed by atoms with van der Waals surface area (Å²) in [5.41, 5.74) is 1.93. The molecule has 1 fully saturated rings. The Hall–Kier alpha value is -4.87. The molecular formula is C32H31N5O10S2. The zero-order valence-corrected chi connectivity index (χ0v) is 28.3. The quantitative estimate of drug-likeness (QED) is 0.116. The highest BCUT2D eigenvalue weighted by Gasteiger charge is 2.53. The molecule has 49 heavy (non-hydrogen) atoms. The normalized spacial score (nSPS) is 20.2. The SMILES string of the molecule is CC(=O)OC[C@H]1O[C@@H](Sc2nnc(CSc3nnc(-c4ccccc4)c(-c4ccccc4)n3)o2)[C@H](OC(C)=O)[C@@H](OC(C)=O)[C@@H]1OC(C)=O. The first-order valence-electron chi connectivity index (χ1n) is 14.8. The van der Waals surface area contributed by atoms with Crippen LogP contribution < -0.4 is 0 Å². The molecule has 1 aliphatic heterocycles. The van der Waals surface area contributed by atoms with E-state index in [4.69, 9.17) is 33.1 Å². The van der Waals surface area contributed by atoms with E-state index >= 15 is 0 Å². The number of carbonyl (C=O) groups is 4. The van der Waals surface area contributed by atoms with E-state index in [1.807, 2.05) is 60.7 Å². The molecule has 0 aliphatic carbocycles. The Morgan fingerprint density at radius 3 is 1.90 bits per heavy atom. The largest absolute Gasteiger partial charge is 0.463 e. The lowest BCUT2D eigenvalue weighted by molar-refractivity contribution is -0.237. The second kappa shape index (κ2) is 16.5. The Balaban J connectivity index is 1.35. The second-order valence-electron chi connectivity index (χ2n) is 10.5. The van der Waals surface area contributed by atoms with Crippen molar-refractivity contribution in [2.75, 3.05) is 6.61 Å². The van der Waals surface area contributed by atoms with Crippen molar-refractivity contribution in [1.29, 1.82) is 0 Å². The molecule has 256 valence electrons. The summed E-state index contributed by atoms with van der Waals surface area (Å²) < 4.78 is 33.5. The molecule has 0 bridgehead atoms. The molecule has 0 N–H and O–H groups in total. The first-order chi connectivity index (χ1) is 23.6. The summed E-state index contributed by atoms with van der Waals surface area (Å²) in [5.74, 6) is -2.40. The van der Waals surface area contributed by atoms with Crippen molar-refractivity contribution < 1.29 is 47.3 Å². The third kappa shape index (κ3) is 9.61. The van der Waals surface area contributed by atoms with Crippen molar-refractivity contribution >= 4 is 47.4 Å². The first-order valence-corrected chi connectivity index (χ1v) is 16.7. The number of carbonyl (C=O) groups excluding carboxylic acids is 4. The van der Waals surface area contributed by atoms with Crippen LogP contribution in [-0.4, -0.2) is 85.7 Å². The van der Waals surface area contributed by atoms with Crippen LogP contribution in [0.1, 0.15) is 33.6 Å². The number of esters is 4. The third-order valence-corrected chi connectivity index (χ3v) is 8.50. The molecule has 1 saturated heterocycles. The van der Waals surface area contributed by atoms with Gasteiger partial charge in [0, 0.05) is 38.8 Å². The molecule has 3 heterocycles. The predicted molar refractivity (Wildman–Crippen MR) is 172 cm³/mol. The van der Waals surface area contributed by atoms with E-state index in [1.54, 1.807) is 0 Å². The highest BCUT2D eigenvalue weighted by atomic mass is 32.2. The molecule has 0 radical (unpaired) electrons. The number of benzene rings is 2. The van der Waals surface area contributed by atoms with E-state index in [2.05, 4.69) is 20.4 Å². The van der Waals surface area contributed by atoms with Crippen LogP contribution >= 0.6 is 23.5 Å². The molecule has 15 nitrogen and oxygen atoms in total. The lowest BCUT2D eigenvalue weighted by Gasteiger charge is -2.43. The lowest BCUT2D eigenvalue weighted by atomic mass is 9.99. The first kappa shape index (κ1) is 35.4. The van der Waals surface area contributed by atoms with Gasteiger partial charge < -0.3 is 28.1 Å². The van der Waals surface area contributed by atoms with Crippen LogP contribution in [-0.2, 0) is 48.6 Å².